The van der Waals surface area contributed by atoms with Gasteiger partial charge in [-0.3, -0.25) is 0 Å². The molecular formula is C20H13N3. The number of allylic oxidation sites excluding steroid dienone is 1. The van der Waals surface area contributed by atoms with Crippen LogP contribution in [-0.2, 0) is 0 Å². The van der Waals surface area contributed by atoms with Crippen molar-refractivity contribution in [2.75, 3.05) is 5.32 Å². The van der Waals surface area contributed by atoms with Crippen molar-refractivity contribution in [3.05, 3.63) is 78.5 Å². The standard InChI is InChI=1S/C20H13N3/c21-12-15(13-22)14-23-18-10-8-17(9-11-18)20-7-3-5-16-4-1-2-6-19(16)20/h1-11,14,23H. The van der Waals surface area contributed by atoms with Gasteiger partial charge in [-0.2, -0.15) is 10.5 Å². The molecule has 0 aliphatic carbocycles. The zero-order valence-corrected chi connectivity index (χ0v) is 12.3. The number of nitrogens with one attached hydrogen (secondary N) is 1. The Balaban J connectivity index is 1.92. The molecule has 3 rings (SSSR count). The number of anilines is 1. The minimum atomic E-state index is 0.0446. The molecule has 23 heavy (non-hydrogen) atoms. The number of hydrogen-bond donors (Lipinski definition) is 1. The molecule has 0 fully saturated rings. The molecule has 0 atom stereocenters. The van der Waals surface area contributed by atoms with Crippen LogP contribution in [0.5, 0.6) is 0 Å². The van der Waals surface area contributed by atoms with Crippen LogP contribution in [-0.4, -0.2) is 0 Å². The minimum Gasteiger partial charge on any atom is -0.360 e. The number of benzene rings is 3. The first-order valence-electron chi connectivity index (χ1n) is 7.17. The summed E-state index contributed by atoms with van der Waals surface area (Å²) in [5.74, 6) is 0. The fourth-order valence-electron chi connectivity index (χ4n) is 2.47. The smallest absolute Gasteiger partial charge is 0.145 e. The number of nitriles is 2. The molecule has 0 radical (unpaired) electrons. The van der Waals surface area contributed by atoms with E-state index in [-0.39, 0.29) is 5.57 Å². The molecule has 3 aromatic rings. The van der Waals surface area contributed by atoms with E-state index in [1.165, 1.54) is 22.5 Å². The molecule has 0 aliphatic rings. The second-order valence-electron chi connectivity index (χ2n) is 5.03. The minimum absolute atomic E-state index is 0.0446. The van der Waals surface area contributed by atoms with Gasteiger partial charge < -0.3 is 5.32 Å². The van der Waals surface area contributed by atoms with Gasteiger partial charge in [-0.05, 0) is 34.0 Å². The maximum Gasteiger partial charge on any atom is 0.145 e. The van der Waals surface area contributed by atoms with Gasteiger partial charge in [0.25, 0.3) is 0 Å². The fraction of sp³-hybridized carbons (Fsp3) is 0. The molecule has 0 aliphatic heterocycles. The number of nitrogens with zero attached hydrogens (tertiary/aromatic N) is 2. The third kappa shape index (κ3) is 3.05. The highest BCUT2D eigenvalue weighted by molar-refractivity contribution is 5.96. The van der Waals surface area contributed by atoms with Gasteiger partial charge >= 0.3 is 0 Å². The summed E-state index contributed by atoms with van der Waals surface area (Å²) >= 11 is 0. The van der Waals surface area contributed by atoms with Crippen molar-refractivity contribution in [2.45, 2.75) is 0 Å². The molecule has 0 saturated heterocycles. The van der Waals surface area contributed by atoms with Crippen LogP contribution in [0.4, 0.5) is 5.69 Å². The van der Waals surface area contributed by atoms with Crippen molar-refractivity contribution in [1.82, 2.24) is 0 Å². The van der Waals surface area contributed by atoms with E-state index in [1.54, 1.807) is 0 Å². The first kappa shape index (κ1) is 14.4. The van der Waals surface area contributed by atoms with Gasteiger partial charge in [0.2, 0.25) is 0 Å². The fourth-order valence-corrected chi connectivity index (χ4v) is 2.47. The lowest BCUT2D eigenvalue weighted by atomic mass is 9.98. The molecule has 0 bridgehead atoms. The van der Waals surface area contributed by atoms with E-state index in [2.05, 4.69) is 35.6 Å². The van der Waals surface area contributed by atoms with Crippen LogP contribution in [0.25, 0.3) is 21.9 Å². The predicted molar refractivity (Wildman–Crippen MR) is 92.3 cm³/mol. The van der Waals surface area contributed by atoms with Gasteiger partial charge in [0, 0.05) is 11.9 Å². The summed E-state index contributed by atoms with van der Waals surface area (Å²) in [7, 11) is 0. The van der Waals surface area contributed by atoms with E-state index in [0.29, 0.717) is 0 Å². The quantitative estimate of drug-likeness (QED) is 0.703. The molecule has 0 unspecified atom stereocenters. The second-order valence-corrected chi connectivity index (χ2v) is 5.03. The lowest BCUT2D eigenvalue weighted by molar-refractivity contribution is 1.44. The Morgan fingerprint density at radius 2 is 1.52 bits per heavy atom. The third-order valence-corrected chi connectivity index (χ3v) is 3.61. The Bertz CT molecular complexity index is 933. The Labute approximate surface area is 134 Å². The molecule has 3 aromatic carbocycles. The van der Waals surface area contributed by atoms with E-state index >= 15 is 0 Å². The summed E-state index contributed by atoms with van der Waals surface area (Å²) in [6.07, 6.45) is 1.41. The van der Waals surface area contributed by atoms with Crippen molar-refractivity contribution in [2.24, 2.45) is 0 Å². The largest absolute Gasteiger partial charge is 0.360 e. The summed E-state index contributed by atoms with van der Waals surface area (Å²) in [6, 6.07) is 26.1. The average molecular weight is 295 g/mol. The molecule has 108 valence electrons. The van der Waals surface area contributed by atoms with Gasteiger partial charge in [0.15, 0.2) is 0 Å². The van der Waals surface area contributed by atoms with Crippen LogP contribution >= 0.6 is 0 Å². The zero-order valence-electron chi connectivity index (χ0n) is 12.3. The molecule has 0 heterocycles. The van der Waals surface area contributed by atoms with Crippen LogP contribution in [0, 0.1) is 22.7 Å². The highest BCUT2D eigenvalue weighted by Crippen LogP contribution is 2.29. The van der Waals surface area contributed by atoms with E-state index in [1.807, 2.05) is 48.5 Å². The van der Waals surface area contributed by atoms with E-state index in [9.17, 15) is 0 Å². The van der Waals surface area contributed by atoms with Crippen molar-refractivity contribution < 1.29 is 0 Å². The van der Waals surface area contributed by atoms with Crippen LogP contribution in [0.1, 0.15) is 0 Å². The summed E-state index contributed by atoms with van der Waals surface area (Å²) in [6.45, 7) is 0. The molecule has 0 aromatic heterocycles. The van der Waals surface area contributed by atoms with Crippen LogP contribution in [0.3, 0.4) is 0 Å². The molecule has 3 nitrogen and oxygen atoms in total. The SMILES string of the molecule is N#CC(C#N)=CNc1ccc(-c2cccc3ccccc23)cc1. The van der Waals surface area contributed by atoms with Crippen molar-refractivity contribution in [3.63, 3.8) is 0 Å². The monoisotopic (exact) mass is 295 g/mol. The molecule has 0 saturated carbocycles. The van der Waals surface area contributed by atoms with Crippen LogP contribution in [0.15, 0.2) is 78.5 Å². The summed E-state index contributed by atoms with van der Waals surface area (Å²) < 4.78 is 0. The van der Waals surface area contributed by atoms with Crippen molar-refractivity contribution in [3.8, 4) is 23.3 Å². The lowest BCUT2D eigenvalue weighted by Gasteiger charge is -2.08. The first-order chi connectivity index (χ1) is 11.3. The zero-order chi connectivity index (χ0) is 16.1. The van der Waals surface area contributed by atoms with Gasteiger partial charge in [0.1, 0.15) is 17.7 Å². The highest BCUT2D eigenvalue weighted by atomic mass is 14.8. The highest BCUT2D eigenvalue weighted by Gasteiger charge is 2.03. The van der Waals surface area contributed by atoms with E-state index in [4.69, 9.17) is 10.5 Å². The molecule has 3 heteroatoms. The Morgan fingerprint density at radius 1 is 0.826 bits per heavy atom. The van der Waals surface area contributed by atoms with E-state index < -0.39 is 0 Å². The normalized spacial score (nSPS) is 9.65. The van der Waals surface area contributed by atoms with Crippen molar-refractivity contribution >= 4 is 16.5 Å². The van der Waals surface area contributed by atoms with Crippen molar-refractivity contribution in [1.29, 1.82) is 10.5 Å². The molecule has 0 spiro atoms. The summed E-state index contributed by atoms with van der Waals surface area (Å²) in [4.78, 5) is 0. The molecular weight excluding hydrogens is 282 g/mol. The van der Waals surface area contributed by atoms with E-state index in [0.717, 1.165) is 11.3 Å². The topological polar surface area (TPSA) is 59.6 Å². The molecule has 0 amide bonds. The van der Waals surface area contributed by atoms with Gasteiger partial charge in [-0.1, -0.05) is 54.6 Å². The van der Waals surface area contributed by atoms with Crippen LogP contribution < -0.4 is 5.32 Å². The Morgan fingerprint density at radius 3 is 2.26 bits per heavy atom. The maximum absolute atomic E-state index is 8.72. The maximum atomic E-state index is 8.72. The van der Waals surface area contributed by atoms with Gasteiger partial charge in [-0.15, -0.1) is 0 Å². The summed E-state index contributed by atoms with van der Waals surface area (Å²) in [5, 5.41) is 22.8. The van der Waals surface area contributed by atoms with Gasteiger partial charge in [0.05, 0.1) is 0 Å². The first-order valence-corrected chi connectivity index (χ1v) is 7.17. The Hall–Kier alpha value is -3.56. The number of fused-ring (bicyclic) bond motifs is 1. The van der Waals surface area contributed by atoms with Gasteiger partial charge in [-0.25, -0.2) is 0 Å². The number of rotatable bonds is 3. The lowest BCUT2D eigenvalue weighted by Crippen LogP contribution is -1.90. The number of hydrogen-bond acceptors (Lipinski definition) is 3. The third-order valence-electron chi connectivity index (χ3n) is 3.61. The average Bonchev–Trinajstić information content (AvgIpc) is 2.63. The summed E-state index contributed by atoms with van der Waals surface area (Å²) in [5.41, 5.74) is 3.18. The molecule has 1 N–H and O–H groups in total. The van der Waals surface area contributed by atoms with Crippen LogP contribution in [0.2, 0.25) is 0 Å². The predicted octanol–water partition coefficient (Wildman–Crippen LogP) is 4.85. The second kappa shape index (κ2) is 6.47. The Kier molecular flexibility index (Phi) is 4.05.